The third-order valence-electron chi connectivity index (χ3n) is 7.08. The van der Waals surface area contributed by atoms with E-state index in [1.807, 2.05) is 0 Å². The van der Waals surface area contributed by atoms with Crippen molar-refractivity contribution in [2.24, 2.45) is 23.2 Å². The largest absolute Gasteiger partial charge is 0.454 e. The lowest BCUT2D eigenvalue weighted by Crippen LogP contribution is -2.54. The number of hydrogen-bond acceptors (Lipinski definition) is 4. The molecule has 2 amide bonds. The van der Waals surface area contributed by atoms with E-state index in [0.29, 0.717) is 33.4 Å². The van der Waals surface area contributed by atoms with Gasteiger partial charge in [-0.3, -0.25) is 14.4 Å². The zero-order valence-electron chi connectivity index (χ0n) is 17.6. The van der Waals surface area contributed by atoms with Crippen LogP contribution in [-0.2, 0) is 19.1 Å². The zero-order chi connectivity index (χ0) is 22.2. The van der Waals surface area contributed by atoms with Gasteiger partial charge in [0.15, 0.2) is 6.61 Å². The summed E-state index contributed by atoms with van der Waals surface area (Å²) in [4.78, 5) is 37.1. The van der Waals surface area contributed by atoms with Crippen molar-refractivity contribution in [1.82, 2.24) is 10.6 Å². The summed E-state index contributed by atoms with van der Waals surface area (Å²) in [6.45, 7) is 1.15. The molecule has 0 aliphatic heterocycles. The van der Waals surface area contributed by atoms with E-state index in [2.05, 4.69) is 10.6 Å². The Morgan fingerprint density at radius 3 is 2.29 bits per heavy atom. The molecule has 4 aliphatic rings. The SMILES string of the molecule is C[C@@H](NC(=O)COC(=O)CNC(=O)C12CC3CC(CC(C3)C1)C2)c1ccc(Cl)cc1Cl. The van der Waals surface area contributed by atoms with Gasteiger partial charge in [-0.15, -0.1) is 0 Å². The second-order valence-electron chi connectivity index (χ2n) is 9.50. The summed E-state index contributed by atoms with van der Waals surface area (Å²) in [5, 5.41) is 6.46. The highest BCUT2D eigenvalue weighted by molar-refractivity contribution is 6.35. The van der Waals surface area contributed by atoms with Crippen LogP contribution in [0, 0.1) is 23.2 Å². The van der Waals surface area contributed by atoms with Crippen molar-refractivity contribution in [3.05, 3.63) is 33.8 Å². The molecule has 5 rings (SSSR count). The van der Waals surface area contributed by atoms with Gasteiger partial charge in [-0.05, 0) is 80.9 Å². The second-order valence-corrected chi connectivity index (χ2v) is 10.3. The van der Waals surface area contributed by atoms with Crippen LogP contribution in [0.5, 0.6) is 0 Å². The van der Waals surface area contributed by atoms with E-state index in [-0.39, 0.29) is 23.9 Å². The fourth-order valence-corrected chi connectivity index (χ4v) is 6.71. The van der Waals surface area contributed by atoms with Crippen LogP contribution in [0.15, 0.2) is 18.2 Å². The lowest BCUT2D eigenvalue weighted by Gasteiger charge is -2.55. The van der Waals surface area contributed by atoms with Crippen molar-refractivity contribution >= 4 is 41.0 Å². The molecule has 0 aromatic heterocycles. The van der Waals surface area contributed by atoms with Gasteiger partial charge >= 0.3 is 5.97 Å². The third-order valence-corrected chi connectivity index (χ3v) is 7.65. The number of benzene rings is 1. The molecule has 0 spiro atoms. The molecule has 0 unspecified atom stereocenters. The first-order valence-electron chi connectivity index (χ1n) is 10.9. The molecule has 1 aromatic carbocycles. The first kappa shape index (κ1) is 22.4. The van der Waals surface area contributed by atoms with E-state index < -0.39 is 18.5 Å². The normalized spacial score (nSPS) is 29.3. The molecule has 6 nitrogen and oxygen atoms in total. The maximum Gasteiger partial charge on any atom is 0.325 e. The number of carbonyl (C=O) groups excluding carboxylic acids is 3. The molecule has 168 valence electrons. The van der Waals surface area contributed by atoms with E-state index in [0.717, 1.165) is 19.3 Å². The van der Waals surface area contributed by atoms with E-state index in [1.54, 1.807) is 25.1 Å². The maximum absolute atomic E-state index is 12.9. The number of nitrogens with one attached hydrogen (secondary N) is 2. The first-order valence-corrected chi connectivity index (χ1v) is 11.7. The van der Waals surface area contributed by atoms with Gasteiger partial charge in [0, 0.05) is 15.5 Å². The number of ether oxygens (including phenoxy) is 1. The number of esters is 1. The summed E-state index contributed by atoms with van der Waals surface area (Å²) in [6, 6.07) is 4.67. The zero-order valence-corrected chi connectivity index (χ0v) is 19.1. The average molecular weight is 467 g/mol. The van der Waals surface area contributed by atoms with Gasteiger partial charge in [-0.2, -0.15) is 0 Å². The molecule has 0 radical (unpaired) electrons. The van der Waals surface area contributed by atoms with Crippen molar-refractivity contribution < 1.29 is 19.1 Å². The number of amides is 2. The van der Waals surface area contributed by atoms with E-state index in [4.69, 9.17) is 27.9 Å². The number of hydrogen-bond donors (Lipinski definition) is 2. The maximum atomic E-state index is 12.9. The van der Waals surface area contributed by atoms with E-state index >= 15 is 0 Å². The standard InChI is InChI=1S/C23H28Cl2N2O4/c1-13(18-3-2-17(24)7-19(18)25)27-20(28)12-31-21(29)11-26-22(30)23-8-14-4-15(9-23)6-16(5-14)10-23/h2-3,7,13-16H,4-6,8-12H2,1H3,(H,26,30)(H,27,28)/t13-,14?,15?,16?,23?/m1/s1. The molecular weight excluding hydrogens is 439 g/mol. The Morgan fingerprint density at radius 1 is 1.10 bits per heavy atom. The van der Waals surface area contributed by atoms with Crippen LogP contribution in [0.3, 0.4) is 0 Å². The molecule has 4 fully saturated rings. The van der Waals surface area contributed by atoms with Gasteiger partial charge in [0.05, 0.1) is 6.04 Å². The Bertz CT molecular complexity index is 853. The number of rotatable bonds is 7. The molecule has 4 saturated carbocycles. The molecule has 0 heterocycles. The molecule has 0 saturated heterocycles. The summed E-state index contributed by atoms with van der Waals surface area (Å²) in [5.74, 6) is 0.875. The van der Waals surface area contributed by atoms with Crippen molar-refractivity contribution in [1.29, 1.82) is 0 Å². The van der Waals surface area contributed by atoms with Gasteiger partial charge in [-0.25, -0.2) is 0 Å². The van der Waals surface area contributed by atoms with Gasteiger partial charge in [0.1, 0.15) is 6.54 Å². The van der Waals surface area contributed by atoms with Gasteiger partial charge in [0.2, 0.25) is 5.91 Å². The molecule has 31 heavy (non-hydrogen) atoms. The van der Waals surface area contributed by atoms with Crippen LogP contribution in [-0.4, -0.2) is 30.9 Å². The lowest BCUT2D eigenvalue weighted by molar-refractivity contribution is -0.152. The Hall–Kier alpha value is -1.79. The highest BCUT2D eigenvalue weighted by Crippen LogP contribution is 2.60. The quantitative estimate of drug-likeness (QED) is 0.593. The molecule has 1 atom stereocenters. The van der Waals surface area contributed by atoms with Crippen molar-refractivity contribution in [3.8, 4) is 0 Å². The molecule has 1 aromatic rings. The minimum Gasteiger partial charge on any atom is -0.454 e. The molecule has 2 N–H and O–H groups in total. The Labute approximate surface area is 192 Å². The minimum absolute atomic E-state index is 0.0287. The van der Waals surface area contributed by atoms with Crippen LogP contribution < -0.4 is 10.6 Å². The summed E-state index contributed by atoms with van der Waals surface area (Å²) in [5.41, 5.74) is 0.410. The minimum atomic E-state index is -0.620. The van der Waals surface area contributed by atoms with Crippen molar-refractivity contribution in [3.63, 3.8) is 0 Å². The van der Waals surface area contributed by atoms with Crippen LogP contribution in [0.25, 0.3) is 0 Å². The van der Waals surface area contributed by atoms with Crippen molar-refractivity contribution in [2.45, 2.75) is 51.5 Å². The number of halogens is 2. The van der Waals surface area contributed by atoms with Gasteiger partial charge < -0.3 is 15.4 Å². The van der Waals surface area contributed by atoms with Crippen LogP contribution >= 0.6 is 23.2 Å². The summed E-state index contributed by atoms with van der Waals surface area (Å²) < 4.78 is 5.04. The average Bonchev–Trinajstić information content (AvgIpc) is 2.69. The van der Waals surface area contributed by atoms with E-state index in [1.165, 1.54) is 19.3 Å². The summed E-state index contributed by atoms with van der Waals surface area (Å²) in [6.07, 6.45) is 6.57. The smallest absolute Gasteiger partial charge is 0.325 e. The Balaban J connectivity index is 1.20. The summed E-state index contributed by atoms with van der Waals surface area (Å²) >= 11 is 12.0. The van der Waals surface area contributed by atoms with E-state index in [9.17, 15) is 14.4 Å². The Morgan fingerprint density at radius 2 is 1.71 bits per heavy atom. The second kappa shape index (κ2) is 8.99. The topological polar surface area (TPSA) is 84.5 Å². The molecule has 8 heteroatoms. The van der Waals surface area contributed by atoms with Crippen molar-refractivity contribution in [2.75, 3.05) is 13.2 Å². The van der Waals surface area contributed by atoms with Crippen LogP contribution in [0.1, 0.15) is 57.1 Å². The lowest BCUT2D eigenvalue weighted by atomic mass is 9.49. The first-order chi connectivity index (χ1) is 14.7. The summed E-state index contributed by atoms with van der Waals surface area (Å²) in [7, 11) is 0. The molecule has 4 bridgehead atoms. The van der Waals surface area contributed by atoms with Gasteiger partial charge in [-0.1, -0.05) is 29.3 Å². The van der Waals surface area contributed by atoms with Gasteiger partial charge in [0.25, 0.3) is 5.91 Å². The highest BCUT2D eigenvalue weighted by atomic mass is 35.5. The molecular formula is C23H28Cl2N2O4. The van der Waals surface area contributed by atoms with Crippen LogP contribution in [0.4, 0.5) is 0 Å². The third kappa shape index (κ3) is 5.01. The molecule has 4 aliphatic carbocycles. The fraction of sp³-hybridized carbons (Fsp3) is 0.609. The highest BCUT2D eigenvalue weighted by Gasteiger charge is 2.54. The monoisotopic (exact) mass is 466 g/mol. The number of carbonyl (C=O) groups is 3. The fourth-order valence-electron chi connectivity index (χ4n) is 6.14. The van der Waals surface area contributed by atoms with Crippen LogP contribution in [0.2, 0.25) is 10.0 Å². The Kier molecular flexibility index (Phi) is 6.50. The predicted molar refractivity (Wildman–Crippen MR) is 118 cm³/mol. The predicted octanol–water partition coefficient (Wildman–Crippen LogP) is 4.05.